The second kappa shape index (κ2) is 27.5. The molecular weight excluding hydrogens is 587 g/mol. The van der Waals surface area contributed by atoms with Gasteiger partial charge in [0.25, 0.3) is 0 Å². The molecule has 0 aromatic heterocycles. The predicted octanol–water partition coefficient (Wildman–Crippen LogP) is -3.82. The third-order valence-electron chi connectivity index (χ3n) is 2.87. The fourth-order valence-corrected chi connectivity index (χ4v) is 2.73. The van der Waals surface area contributed by atoms with Gasteiger partial charge in [-0.15, -0.1) is 0 Å². The molecule has 0 bridgehead atoms. The van der Waals surface area contributed by atoms with Gasteiger partial charge in [0.15, 0.2) is 0 Å². The Kier molecular flexibility index (Phi) is 31.5. The van der Waals surface area contributed by atoms with E-state index in [9.17, 15) is 9.59 Å². The molecule has 12 nitrogen and oxygen atoms in total. The topological polar surface area (TPSA) is 180 Å². The van der Waals surface area contributed by atoms with Crippen LogP contribution in [0.4, 0.5) is 0 Å². The molecule has 172 valence electrons. The second-order valence-electron chi connectivity index (χ2n) is 5.30. The Morgan fingerprint density at radius 1 is 0.586 bits per heavy atom. The van der Waals surface area contributed by atoms with Crippen LogP contribution in [0.25, 0.3) is 0 Å². The maximum atomic E-state index is 10.1. The Morgan fingerprint density at radius 3 is 0.931 bits per heavy atom. The molecule has 0 aliphatic carbocycles. The minimum atomic E-state index is -1.82. The zero-order valence-corrected chi connectivity index (χ0v) is 21.1. The summed E-state index contributed by atoms with van der Waals surface area (Å²) in [4.78, 5) is 23.7. The van der Waals surface area contributed by atoms with Gasteiger partial charge < -0.3 is 30.6 Å². The summed E-state index contributed by atoms with van der Waals surface area (Å²) >= 11 is -1.82. The smallest absolute Gasteiger partial charge is 0.0558 e. The maximum Gasteiger partial charge on any atom is 0.0558 e. The predicted molar refractivity (Wildman–Crippen MR) is 105 cm³/mol. The molecule has 13 heteroatoms. The Labute approximate surface area is 185 Å². The van der Waals surface area contributed by atoms with E-state index in [1.807, 2.05) is 0 Å². The molecule has 0 rings (SSSR count). The quantitative estimate of drug-likeness (QED) is 0.104. The monoisotopic (exact) mass is 624 g/mol. The van der Waals surface area contributed by atoms with Gasteiger partial charge in [0.2, 0.25) is 0 Å². The summed E-state index contributed by atoms with van der Waals surface area (Å²) in [5.41, 5.74) is 0. The van der Waals surface area contributed by atoms with Crippen molar-refractivity contribution in [1.29, 1.82) is 0 Å². The van der Waals surface area contributed by atoms with Crippen LogP contribution in [-0.4, -0.2) is 156 Å². The van der Waals surface area contributed by atoms with Crippen molar-refractivity contribution < 1.29 is 45.6 Å². The molecule has 0 aromatic carbocycles. The number of aliphatic hydroxyl groups excluding tert-OH is 6. The molecule has 0 heterocycles. The number of rotatable bonds is 14. The minimum absolute atomic E-state index is 0.0694. The molecule has 0 aliphatic heterocycles. The summed E-state index contributed by atoms with van der Waals surface area (Å²) in [5.74, 6) is -0.751. The first kappa shape index (κ1) is 33.2. The Balaban J connectivity index is -0.000000350. The average Bonchev–Trinajstić information content (AvgIpc) is 2.63. The summed E-state index contributed by atoms with van der Waals surface area (Å²) in [6, 6.07) is 0. The number of carbonyl (C=O) groups is 2. The third-order valence-corrected chi connectivity index (χ3v) is 5.75. The fraction of sp³-hybridized carbons (Fsp3) is 0.875. The molecule has 0 aliphatic rings. The zero-order chi connectivity index (χ0) is 22.9. The van der Waals surface area contributed by atoms with E-state index in [4.69, 9.17) is 30.6 Å². The molecule has 0 atom stereocenters. The Hall–Kier alpha value is -0.458. The number of carbonyl (C=O) groups excluding carboxylic acids is 2. The molecule has 0 radical (unpaired) electrons. The van der Waals surface area contributed by atoms with Crippen molar-refractivity contribution in [3.63, 3.8) is 0 Å². The van der Waals surface area contributed by atoms with Gasteiger partial charge in [0, 0.05) is 39.3 Å². The van der Waals surface area contributed by atoms with Gasteiger partial charge in [0.05, 0.1) is 39.6 Å². The molecule has 6 N–H and O–H groups in total. The van der Waals surface area contributed by atoms with Gasteiger partial charge in [-0.1, -0.05) is 0 Å². The van der Waals surface area contributed by atoms with Gasteiger partial charge in [0.1, 0.15) is 0 Å². The molecule has 0 fully saturated rings. The standard InChI is InChI=1S/2C6H15NO3.2C2H4O2.Pb/c2*8-4-1-7(2-5-9)3-6-10;2*1-2(3)4;/h2*8-10H,1-6H2;2*1H3,(H,3,4);/q;;;;+4/p-2. The number of hydrogen-bond acceptors (Lipinski definition) is 12. The summed E-state index contributed by atoms with van der Waals surface area (Å²) in [6.45, 7) is 6.08. The van der Waals surface area contributed by atoms with Crippen LogP contribution in [0.3, 0.4) is 0 Å². The van der Waals surface area contributed by atoms with Crippen molar-refractivity contribution in [2.45, 2.75) is 13.8 Å². The third kappa shape index (κ3) is 32.4. The Bertz CT molecular complexity index is 306. The fourth-order valence-electron chi connectivity index (χ4n) is 1.66. The Morgan fingerprint density at radius 2 is 0.793 bits per heavy atom. The van der Waals surface area contributed by atoms with Crippen LogP contribution in [0.2, 0.25) is 0 Å². The SMILES string of the molecule is CC(=O)[O][Pb+2][O]C(C)=O.OCCN(CCO)CCO.OCCN(CCO)CCO. The summed E-state index contributed by atoms with van der Waals surface area (Å²) in [6.07, 6.45) is 0. The largest absolute Gasteiger partial charge is 0.395 e. The molecule has 0 spiro atoms. The van der Waals surface area contributed by atoms with Crippen LogP contribution >= 0.6 is 0 Å². The van der Waals surface area contributed by atoms with Gasteiger partial charge in [-0.05, 0) is 0 Å². The van der Waals surface area contributed by atoms with Crippen LogP contribution in [-0.2, 0) is 15.0 Å². The van der Waals surface area contributed by atoms with E-state index in [0.29, 0.717) is 39.3 Å². The summed E-state index contributed by atoms with van der Waals surface area (Å²) in [5, 5.41) is 50.9. The second-order valence-corrected chi connectivity index (χ2v) is 7.53. The first-order valence-corrected chi connectivity index (χ1v) is 12.2. The van der Waals surface area contributed by atoms with Crippen molar-refractivity contribution in [2.24, 2.45) is 0 Å². The van der Waals surface area contributed by atoms with E-state index in [0.717, 1.165) is 0 Å². The van der Waals surface area contributed by atoms with Crippen molar-refractivity contribution in [1.82, 2.24) is 9.80 Å². The number of aliphatic hydroxyl groups is 6. The first-order chi connectivity index (χ1) is 13.8. The van der Waals surface area contributed by atoms with Crippen LogP contribution in [0.5, 0.6) is 0 Å². The van der Waals surface area contributed by atoms with Crippen molar-refractivity contribution in [3.05, 3.63) is 0 Å². The van der Waals surface area contributed by atoms with E-state index in [1.165, 1.54) is 13.8 Å². The van der Waals surface area contributed by atoms with Crippen molar-refractivity contribution in [2.75, 3.05) is 78.9 Å². The van der Waals surface area contributed by atoms with Crippen LogP contribution < -0.4 is 0 Å². The van der Waals surface area contributed by atoms with E-state index >= 15 is 0 Å². The zero-order valence-electron chi connectivity index (χ0n) is 17.2. The molecule has 0 aromatic rings. The molecule has 29 heavy (non-hydrogen) atoms. The van der Waals surface area contributed by atoms with Gasteiger partial charge in [-0.3, -0.25) is 9.80 Å². The van der Waals surface area contributed by atoms with E-state index < -0.39 is 25.1 Å². The van der Waals surface area contributed by atoms with Crippen molar-refractivity contribution in [3.8, 4) is 0 Å². The average molecular weight is 624 g/mol. The number of nitrogens with zero attached hydrogens (tertiary/aromatic N) is 2. The van der Waals surface area contributed by atoms with E-state index in [1.54, 1.807) is 9.80 Å². The summed E-state index contributed by atoms with van der Waals surface area (Å²) in [7, 11) is 0. The maximum absolute atomic E-state index is 10.1. The molecule has 0 saturated heterocycles. The first-order valence-electron chi connectivity index (χ1n) is 9.02. The van der Waals surface area contributed by atoms with E-state index in [2.05, 4.69) is 5.37 Å². The van der Waals surface area contributed by atoms with Gasteiger partial charge in [-0.25, -0.2) is 0 Å². The molecular formula is C16H36N2O10Pb+2. The molecule has 0 unspecified atom stereocenters. The van der Waals surface area contributed by atoms with Crippen LogP contribution in [0.15, 0.2) is 0 Å². The van der Waals surface area contributed by atoms with E-state index in [-0.39, 0.29) is 51.6 Å². The summed E-state index contributed by atoms with van der Waals surface area (Å²) < 4.78 is 8.93. The minimum Gasteiger partial charge on any atom is -0.395 e. The molecule has 0 saturated carbocycles. The van der Waals surface area contributed by atoms with Gasteiger partial charge >= 0.3 is 65.9 Å². The van der Waals surface area contributed by atoms with Gasteiger partial charge in [-0.2, -0.15) is 0 Å². The number of hydrogen-bond donors (Lipinski definition) is 6. The van der Waals surface area contributed by atoms with Crippen LogP contribution in [0, 0.1) is 0 Å². The van der Waals surface area contributed by atoms with Crippen molar-refractivity contribution >= 4 is 37.1 Å². The van der Waals surface area contributed by atoms with Crippen LogP contribution in [0.1, 0.15) is 13.8 Å². The normalized spacial score (nSPS) is 9.72. The molecule has 0 amide bonds.